The Kier molecular flexibility index (Phi) is 8.02. The van der Waals surface area contributed by atoms with Crippen LogP contribution in [0.2, 0.25) is 0 Å². The maximum absolute atomic E-state index is 14.1. The number of ketones is 1. The monoisotopic (exact) mass is 554 g/mol. The van der Waals surface area contributed by atoms with Crippen LogP contribution < -0.4 is 16.2 Å². The second-order valence-corrected chi connectivity index (χ2v) is 9.37. The van der Waals surface area contributed by atoms with Gasteiger partial charge in [-0.1, -0.05) is 30.3 Å². The van der Waals surface area contributed by atoms with Crippen molar-refractivity contribution >= 4 is 17.4 Å². The number of nitrogens with one attached hydrogen (secondary N) is 2. The van der Waals surface area contributed by atoms with E-state index in [1.807, 2.05) is 6.07 Å². The number of hydrogen-bond acceptors (Lipinski definition) is 7. The number of anilines is 1. The van der Waals surface area contributed by atoms with Crippen molar-refractivity contribution < 1.29 is 23.5 Å². The zero-order valence-electron chi connectivity index (χ0n) is 22.3. The Morgan fingerprint density at radius 2 is 1.76 bits per heavy atom. The molecule has 2 aromatic heterocycles. The predicted octanol–water partition coefficient (Wildman–Crippen LogP) is 4.26. The van der Waals surface area contributed by atoms with Gasteiger partial charge in [0.05, 0.1) is 11.7 Å². The molecule has 9 nitrogen and oxygen atoms in total. The number of ether oxygens (including phenoxy) is 2. The van der Waals surface area contributed by atoms with E-state index in [1.165, 1.54) is 41.4 Å². The summed E-state index contributed by atoms with van der Waals surface area (Å²) in [5.74, 6) is -0.798. The third-order valence-corrected chi connectivity index (χ3v) is 6.73. The molecule has 2 N–H and O–H groups in total. The Balaban J connectivity index is 1.70. The number of halogens is 1. The van der Waals surface area contributed by atoms with E-state index in [0.29, 0.717) is 27.9 Å². The SMILES string of the molecule is CNC(C)C(=O)Nc1ccc(-c2ccc(F)cc2)n([C@H](C2=COCO2)c2cncc(C(=O)c3ccccc3)c2)c1=O. The van der Waals surface area contributed by atoms with E-state index < -0.39 is 29.4 Å². The maximum Gasteiger partial charge on any atom is 0.275 e. The van der Waals surface area contributed by atoms with Crippen molar-refractivity contribution in [2.24, 2.45) is 0 Å². The summed E-state index contributed by atoms with van der Waals surface area (Å²) in [4.78, 5) is 44.4. The van der Waals surface area contributed by atoms with Gasteiger partial charge in [-0.15, -0.1) is 0 Å². The zero-order valence-corrected chi connectivity index (χ0v) is 22.3. The van der Waals surface area contributed by atoms with Crippen molar-refractivity contribution in [3.63, 3.8) is 0 Å². The summed E-state index contributed by atoms with van der Waals surface area (Å²) in [6.45, 7) is 1.59. The van der Waals surface area contributed by atoms with E-state index in [-0.39, 0.29) is 24.0 Å². The minimum absolute atomic E-state index is 0.0250. The van der Waals surface area contributed by atoms with E-state index in [0.717, 1.165) is 0 Å². The second-order valence-electron chi connectivity index (χ2n) is 9.37. The summed E-state index contributed by atoms with van der Waals surface area (Å²) < 4.78 is 26.4. The molecule has 0 saturated carbocycles. The Morgan fingerprint density at radius 1 is 1.00 bits per heavy atom. The highest BCUT2D eigenvalue weighted by Crippen LogP contribution is 2.34. The first-order valence-electron chi connectivity index (χ1n) is 12.9. The number of pyridine rings is 2. The standard InChI is InChI=1S/C31H27FN4O5/c1-19(33-2)30(38)35-25-12-13-26(20-8-10-24(32)11-9-20)36(31(25)39)28(27-17-40-18-41-27)22-14-23(16-34-15-22)29(37)21-6-4-3-5-7-21/h3-17,19,28,33H,18H2,1-2H3,(H,35,38)/t19?,28-/m0/s1. The van der Waals surface area contributed by atoms with Crippen LogP contribution in [-0.4, -0.2) is 41.1 Å². The molecule has 1 aliphatic heterocycles. The molecule has 10 heteroatoms. The van der Waals surface area contributed by atoms with Gasteiger partial charge >= 0.3 is 0 Å². The molecule has 0 fully saturated rings. The molecule has 0 bridgehead atoms. The molecule has 41 heavy (non-hydrogen) atoms. The Labute approximate surface area is 235 Å². The number of likely N-dealkylation sites (N-methyl/N-ethyl adjacent to an activating group) is 1. The lowest BCUT2D eigenvalue weighted by molar-refractivity contribution is -0.117. The van der Waals surface area contributed by atoms with Crippen LogP contribution in [0.4, 0.5) is 10.1 Å². The molecule has 2 aromatic carbocycles. The third kappa shape index (κ3) is 5.78. The molecule has 1 unspecified atom stereocenters. The van der Waals surface area contributed by atoms with Crippen LogP contribution in [0.15, 0.2) is 102 Å². The van der Waals surface area contributed by atoms with E-state index in [1.54, 1.807) is 62.5 Å². The number of nitrogens with zero attached hydrogens (tertiary/aromatic N) is 2. The quantitative estimate of drug-likeness (QED) is 0.298. The van der Waals surface area contributed by atoms with Gasteiger partial charge in [0.2, 0.25) is 12.7 Å². The molecule has 2 atom stereocenters. The summed E-state index contributed by atoms with van der Waals surface area (Å²) in [5, 5.41) is 5.52. The third-order valence-electron chi connectivity index (χ3n) is 6.73. The van der Waals surface area contributed by atoms with E-state index in [4.69, 9.17) is 9.47 Å². The topological polar surface area (TPSA) is 112 Å². The van der Waals surface area contributed by atoms with Gasteiger partial charge in [0.15, 0.2) is 11.5 Å². The summed E-state index contributed by atoms with van der Waals surface area (Å²) in [5.41, 5.74) is 1.68. The van der Waals surface area contributed by atoms with Crippen molar-refractivity contribution in [1.29, 1.82) is 0 Å². The van der Waals surface area contributed by atoms with Crippen molar-refractivity contribution in [3.05, 3.63) is 130 Å². The molecule has 0 aliphatic carbocycles. The van der Waals surface area contributed by atoms with Gasteiger partial charge in [-0.05, 0) is 62.0 Å². The van der Waals surface area contributed by atoms with Crippen molar-refractivity contribution in [2.75, 3.05) is 19.2 Å². The maximum atomic E-state index is 14.1. The molecule has 3 heterocycles. The van der Waals surface area contributed by atoms with Crippen molar-refractivity contribution in [2.45, 2.75) is 19.0 Å². The normalized spacial score (nSPS) is 13.9. The van der Waals surface area contributed by atoms with E-state index in [2.05, 4.69) is 15.6 Å². The van der Waals surface area contributed by atoms with Crippen LogP contribution >= 0.6 is 0 Å². The fourth-order valence-electron chi connectivity index (χ4n) is 4.46. The van der Waals surface area contributed by atoms with Gasteiger partial charge in [0.1, 0.15) is 23.8 Å². The second kappa shape index (κ2) is 12.0. The lowest BCUT2D eigenvalue weighted by Gasteiger charge is -2.25. The van der Waals surface area contributed by atoms with Gasteiger partial charge in [0, 0.05) is 29.1 Å². The Morgan fingerprint density at radius 3 is 2.44 bits per heavy atom. The lowest BCUT2D eigenvalue weighted by atomic mass is 9.99. The average Bonchev–Trinajstić information content (AvgIpc) is 3.54. The Bertz CT molecular complexity index is 1670. The summed E-state index contributed by atoms with van der Waals surface area (Å²) in [6.07, 6.45) is 4.38. The largest absolute Gasteiger partial charge is 0.462 e. The fourth-order valence-corrected chi connectivity index (χ4v) is 4.46. The molecule has 1 aliphatic rings. The zero-order chi connectivity index (χ0) is 28.9. The molecular weight excluding hydrogens is 527 g/mol. The van der Waals surface area contributed by atoms with Crippen molar-refractivity contribution in [1.82, 2.24) is 14.9 Å². The minimum atomic E-state index is -0.945. The van der Waals surface area contributed by atoms with E-state index >= 15 is 0 Å². The van der Waals surface area contributed by atoms with E-state index in [9.17, 15) is 18.8 Å². The van der Waals surface area contributed by atoms with Crippen LogP contribution in [0, 0.1) is 5.82 Å². The molecular formula is C31H27FN4O5. The van der Waals surface area contributed by atoms with Crippen molar-refractivity contribution in [3.8, 4) is 11.3 Å². The van der Waals surface area contributed by atoms with Gasteiger partial charge < -0.3 is 20.1 Å². The number of carbonyl (C=O) groups is 2. The van der Waals surface area contributed by atoms with Crippen LogP contribution in [0.25, 0.3) is 11.3 Å². The Hall–Kier alpha value is -5.09. The lowest BCUT2D eigenvalue weighted by Crippen LogP contribution is -2.38. The van der Waals surface area contributed by atoms with Crippen LogP contribution in [0.1, 0.15) is 34.5 Å². The van der Waals surface area contributed by atoms with Gasteiger partial charge in [0.25, 0.3) is 5.56 Å². The number of allylic oxidation sites excluding steroid dienone is 1. The van der Waals surface area contributed by atoms with Crippen LogP contribution in [0.3, 0.4) is 0 Å². The molecule has 208 valence electrons. The number of benzene rings is 2. The predicted molar refractivity (Wildman–Crippen MR) is 151 cm³/mol. The molecule has 0 radical (unpaired) electrons. The van der Waals surface area contributed by atoms with Crippen LogP contribution in [0.5, 0.6) is 0 Å². The summed E-state index contributed by atoms with van der Waals surface area (Å²) in [7, 11) is 1.64. The number of hydrogen-bond donors (Lipinski definition) is 2. The minimum Gasteiger partial charge on any atom is -0.462 e. The first-order chi connectivity index (χ1) is 19.9. The van der Waals surface area contributed by atoms with Crippen LogP contribution in [-0.2, 0) is 14.3 Å². The number of amides is 1. The molecule has 4 aromatic rings. The molecule has 1 amide bonds. The number of rotatable bonds is 9. The molecule has 0 saturated heterocycles. The summed E-state index contributed by atoms with van der Waals surface area (Å²) >= 11 is 0. The molecule has 5 rings (SSSR count). The number of carbonyl (C=O) groups excluding carboxylic acids is 2. The highest BCUT2D eigenvalue weighted by Gasteiger charge is 2.30. The highest BCUT2D eigenvalue weighted by atomic mass is 19.1. The first kappa shape index (κ1) is 27.5. The number of aromatic nitrogens is 2. The first-order valence-corrected chi connectivity index (χ1v) is 12.9. The smallest absolute Gasteiger partial charge is 0.275 e. The fraction of sp³-hybridized carbons (Fsp3) is 0.161. The molecule has 0 spiro atoms. The average molecular weight is 555 g/mol. The highest BCUT2D eigenvalue weighted by molar-refractivity contribution is 6.08. The van der Waals surface area contributed by atoms with Gasteiger partial charge in [-0.3, -0.25) is 23.9 Å². The van der Waals surface area contributed by atoms with Gasteiger partial charge in [-0.2, -0.15) is 0 Å². The van der Waals surface area contributed by atoms with Gasteiger partial charge in [-0.25, -0.2) is 4.39 Å². The summed E-state index contributed by atoms with van der Waals surface area (Å²) in [6, 6.07) is 17.7.